The van der Waals surface area contributed by atoms with Crippen LogP contribution in [0.3, 0.4) is 0 Å². The van der Waals surface area contributed by atoms with Gasteiger partial charge in [0.2, 0.25) is 0 Å². The maximum absolute atomic E-state index is 12.1. The fourth-order valence-electron chi connectivity index (χ4n) is 2.27. The van der Waals surface area contributed by atoms with E-state index >= 15 is 0 Å². The molecule has 0 unspecified atom stereocenters. The number of carbonyl (C=O) groups is 1. The maximum Gasteiger partial charge on any atom is 0.315 e. The summed E-state index contributed by atoms with van der Waals surface area (Å²) in [6.45, 7) is 0. The molecule has 0 saturated heterocycles. The largest absolute Gasteiger partial charge is 0.426 e. The van der Waals surface area contributed by atoms with Gasteiger partial charge in [-0.05, 0) is 40.6 Å². The predicted octanol–water partition coefficient (Wildman–Crippen LogP) is 4.64. The van der Waals surface area contributed by atoms with Crippen LogP contribution >= 0.6 is 11.6 Å². The molecule has 0 radical (unpaired) electrons. The molecule has 3 heteroatoms. The molecule has 0 bridgehead atoms. The molecule has 0 atom stereocenters. The van der Waals surface area contributed by atoms with Gasteiger partial charge in [-0.15, -0.1) is 0 Å². The van der Waals surface area contributed by atoms with Crippen molar-refractivity contribution in [2.75, 3.05) is 0 Å². The highest BCUT2D eigenvalue weighted by atomic mass is 35.5. The molecule has 3 rings (SSSR count). The first-order chi connectivity index (χ1) is 10.2. The van der Waals surface area contributed by atoms with Crippen molar-refractivity contribution in [1.29, 1.82) is 0 Å². The normalized spacial score (nSPS) is 10.5. The Kier molecular flexibility index (Phi) is 3.89. The predicted molar refractivity (Wildman–Crippen MR) is 84.7 cm³/mol. The summed E-state index contributed by atoms with van der Waals surface area (Å²) in [7, 11) is 0. The summed E-state index contributed by atoms with van der Waals surface area (Å²) in [5.41, 5.74) is 0.965. The summed E-state index contributed by atoms with van der Waals surface area (Å²) >= 11 is 5.80. The Morgan fingerprint density at radius 3 is 2.43 bits per heavy atom. The van der Waals surface area contributed by atoms with Crippen molar-refractivity contribution in [3.05, 3.63) is 77.3 Å². The van der Waals surface area contributed by atoms with E-state index in [2.05, 4.69) is 0 Å². The Labute approximate surface area is 127 Å². The summed E-state index contributed by atoms with van der Waals surface area (Å²) in [6.07, 6.45) is 0.240. The number of hydrogen-bond acceptors (Lipinski definition) is 2. The summed E-state index contributed by atoms with van der Waals surface area (Å²) in [6, 6.07) is 20.7. The van der Waals surface area contributed by atoms with Crippen molar-refractivity contribution in [3.8, 4) is 5.75 Å². The topological polar surface area (TPSA) is 26.3 Å². The summed E-state index contributed by atoms with van der Waals surface area (Å²) < 4.78 is 5.32. The van der Waals surface area contributed by atoms with Crippen LogP contribution in [0, 0.1) is 0 Å². The van der Waals surface area contributed by atoms with Gasteiger partial charge in [0.25, 0.3) is 0 Å². The molecule has 0 saturated carbocycles. The Bertz CT molecular complexity index is 773. The first-order valence-corrected chi connectivity index (χ1v) is 7.03. The molecule has 0 aliphatic heterocycles. The molecule has 0 N–H and O–H groups in total. The average Bonchev–Trinajstić information content (AvgIpc) is 2.50. The number of rotatable bonds is 3. The zero-order valence-electron chi connectivity index (χ0n) is 11.3. The molecular formula is C18H13ClO2. The molecule has 0 aliphatic carbocycles. The minimum Gasteiger partial charge on any atom is -0.426 e. The number of carbonyl (C=O) groups excluding carboxylic acids is 1. The fraction of sp³-hybridized carbons (Fsp3) is 0.0556. The van der Waals surface area contributed by atoms with E-state index in [4.69, 9.17) is 16.3 Å². The van der Waals surface area contributed by atoms with Crippen LogP contribution in [0.2, 0.25) is 5.02 Å². The molecule has 0 spiro atoms. The van der Waals surface area contributed by atoms with E-state index in [1.807, 2.05) is 42.5 Å². The van der Waals surface area contributed by atoms with Gasteiger partial charge < -0.3 is 4.74 Å². The van der Waals surface area contributed by atoms with Crippen LogP contribution in [0.1, 0.15) is 5.56 Å². The average molecular weight is 297 g/mol. The van der Waals surface area contributed by atoms with Crippen molar-refractivity contribution in [2.45, 2.75) is 6.42 Å². The summed E-state index contributed by atoms with van der Waals surface area (Å²) in [4.78, 5) is 12.1. The van der Waals surface area contributed by atoms with Crippen molar-refractivity contribution >= 4 is 28.3 Å². The second kappa shape index (κ2) is 5.98. The van der Waals surface area contributed by atoms with Crippen LogP contribution < -0.4 is 4.74 Å². The van der Waals surface area contributed by atoms with E-state index in [1.54, 1.807) is 24.3 Å². The molecular weight excluding hydrogens is 284 g/mol. The lowest BCUT2D eigenvalue weighted by molar-refractivity contribution is -0.133. The van der Waals surface area contributed by atoms with E-state index in [1.165, 1.54) is 0 Å². The molecule has 3 aromatic rings. The number of ether oxygens (including phenoxy) is 1. The number of fused-ring (bicyclic) bond motifs is 1. The van der Waals surface area contributed by atoms with Gasteiger partial charge in [-0.1, -0.05) is 54.1 Å². The third-order valence-corrected chi connectivity index (χ3v) is 3.51. The van der Waals surface area contributed by atoms with Gasteiger partial charge in [0.15, 0.2) is 0 Å². The van der Waals surface area contributed by atoms with Gasteiger partial charge in [-0.2, -0.15) is 0 Å². The van der Waals surface area contributed by atoms with Gasteiger partial charge in [0.1, 0.15) is 5.75 Å². The van der Waals surface area contributed by atoms with Crippen molar-refractivity contribution in [3.63, 3.8) is 0 Å². The third-order valence-electron chi connectivity index (χ3n) is 3.26. The van der Waals surface area contributed by atoms with E-state index < -0.39 is 0 Å². The van der Waals surface area contributed by atoms with Crippen LogP contribution in [-0.2, 0) is 11.2 Å². The lowest BCUT2D eigenvalue weighted by atomic mass is 10.0. The SMILES string of the molecule is O=C(Cc1cccc2ccccc12)Oc1ccc(Cl)cc1. The van der Waals surface area contributed by atoms with Crippen LogP contribution in [0.4, 0.5) is 0 Å². The Morgan fingerprint density at radius 1 is 0.905 bits per heavy atom. The molecule has 21 heavy (non-hydrogen) atoms. The second-order valence-corrected chi connectivity index (χ2v) is 5.18. The molecule has 0 aromatic heterocycles. The van der Waals surface area contributed by atoms with E-state index in [0.717, 1.165) is 16.3 Å². The third kappa shape index (κ3) is 3.23. The molecule has 2 nitrogen and oxygen atoms in total. The lowest BCUT2D eigenvalue weighted by Crippen LogP contribution is -2.11. The van der Waals surface area contributed by atoms with Crippen molar-refractivity contribution < 1.29 is 9.53 Å². The number of benzene rings is 3. The van der Waals surface area contributed by atoms with Gasteiger partial charge >= 0.3 is 5.97 Å². The van der Waals surface area contributed by atoms with E-state index in [9.17, 15) is 4.79 Å². The van der Waals surface area contributed by atoms with Gasteiger partial charge in [-0.25, -0.2) is 0 Å². The van der Waals surface area contributed by atoms with Gasteiger partial charge in [0, 0.05) is 5.02 Å². The number of hydrogen-bond donors (Lipinski definition) is 0. The molecule has 0 amide bonds. The highest BCUT2D eigenvalue weighted by Crippen LogP contribution is 2.20. The first-order valence-electron chi connectivity index (χ1n) is 6.65. The zero-order chi connectivity index (χ0) is 14.7. The molecule has 0 heterocycles. The maximum atomic E-state index is 12.1. The van der Waals surface area contributed by atoms with Crippen LogP contribution in [0.5, 0.6) is 5.75 Å². The lowest BCUT2D eigenvalue weighted by Gasteiger charge is -2.07. The van der Waals surface area contributed by atoms with Crippen molar-refractivity contribution in [1.82, 2.24) is 0 Å². The quantitative estimate of drug-likeness (QED) is 0.520. The fourth-order valence-corrected chi connectivity index (χ4v) is 2.40. The van der Waals surface area contributed by atoms with E-state index in [-0.39, 0.29) is 12.4 Å². The van der Waals surface area contributed by atoms with E-state index in [0.29, 0.717) is 10.8 Å². The van der Waals surface area contributed by atoms with Crippen LogP contribution in [0.25, 0.3) is 10.8 Å². The first kappa shape index (κ1) is 13.7. The second-order valence-electron chi connectivity index (χ2n) is 4.74. The highest BCUT2D eigenvalue weighted by molar-refractivity contribution is 6.30. The standard InChI is InChI=1S/C18H13ClO2/c19-15-8-10-16(11-9-15)21-18(20)12-14-6-3-5-13-4-1-2-7-17(13)14/h1-11H,12H2. The van der Waals surface area contributed by atoms with Crippen LogP contribution in [-0.4, -0.2) is 5.97 Å². The number of esters is 1. The Hall–Kier alpha value is -2.32. The zero-order valence-corrected chi connectivity index (χ0v) is 12.0. The Morgan fingerprint density at radius 2 is 1.62 bits per heavy atom. The summed E-state index contributed by atoms with van der Waals surface area (Å²) in [5, 5.41) is 2.81. The minimum atomic E-state index is -0.284. The van der Waals surface area contributed by atoms with Gasteiger partial charge in [0.05, 0.1) is 6.42 Å². The summed E-state index contributed by atoms with van der Waals surface area (Å²) in [5.74, 6) is 0.221. The monoisotopic (exact) mass is 296 g/mol. The van der Waals surface area contributed by atoms with Gasteiger partial charge in [-0.3, -0.25) is 4.79 Å². The molecule has 0 fully saturated rings. The number of halogens is 1. The molecule has 0 aliphatic rings. The minimum absolute atomic E-state index is 0.240. The van der Waals surface area contributed by atoms with Crippen LogP contribution in [0.15, 0.2) is 66.7 Å². The molecule has 104 valence electrons. The van der Waals surface area contributed by atoms with Crippen molar-refractivity contribution in [2.24, 2.45) is 0 Å². The Balaban J connectivity index is 1.79. The highest BCUT2D eigenvalue weighted by Gasteiger charge is 2.09. The smallest absolute Gasteiger partial charge is 0.315 e. The molecule has 3 aromatic carbocycles.